The molecular formula is C20H26N2O2S. The van der Waals surface area contributed by atoms with E-state index in [0.717, 1.165) is 30.8 Å². The van der Waals surface area contributed by atoms with Crippen molar-refractivity contribution in [2.45, 2.75) is 26.1 Å². The van der Waals surface area contributed by atoms with Gasteiger partial charge in [0.2, 0.25) is 10.0 Å². The van der Waals surface area contributed by atoms with Crippen LogP contribution in [0.15, 0.2) is 48.5 Å². The molecule has 2 aromatic rings. The van der Waals surface area contributed by atoms with E-state index in [4.69, 9.17) is 0 Å². The van der Waals surface area contributed by atoms with E-state index < -0.39 is 10.0 Å². The summed E-state index contributed by atoms with van der Waals surface area (Å²) in [6.45, 7) is 7.67. The highest BCUT2D eigenvalue weighted by molar-refractivity contribution is 7.88. The van der Waals surface area contributed by atoms with Crippen molar-refractivity contribution >= 4 is 10.0 Å². The van der Waals surface area contributed by atoms with E-state index in [1.54, 1.807) is 4.31 Å². The lowest BCUT2D eigenvalue weighted by Gasteiger charge is -2.34. The Hall–Kier alpha value is -1.69. The largest absolute Gasteiger partial charge is 0.296 e. The molecule has 0 aromatic heterocycles. The topological polar surface area (TPSA) is 40.6 Å². The Morgan fingerprint density at radius 3 is 1.76 bits per heavy atom. The fraction of sp³-hybridized carbons (Fsp3) is 0.400. The van der Waals surface area contributed by atoms with Crippen LogP contribution in [0.1, 0.15) is 22.3 Å². The molecule has 4 nitrogen and oxygen atoms in total. The summed E-state index contributed by atoms with van der Waals surface area (Å²) in [6, 6.07) is 16.3. The van der Waals surface area contributed by atoms with Gasteiger partial charge in [0.15, 0.2) is 0 Å². The molecule has 5 heteroatoms. The predicted molar refractivity (Wildman–Crippen MR) is 102 cm³/mol. The summed E-state index contributed by atoms with van der Waals surface area (Å²) in [4.78, 5) is 2.32. The molecule has 0 atom stereocenters. The maximum atomic E-state index is 12.6. The monoisotopic (exact) mass is 358 g/mol. The Bertz CT molecular complexity index is 791. The second-order valence-corrected chi connectivity index (χ2v) is 8.87. The first-order chi connectivity index (χ1) is 11.9. The van der Waals surface area contributed by atoms with E-state index in [-0.39, 0.29) is 5.75 Å². The molecule has 0 unspecified atom stereocenters. The van der Waals surface area contributed by atoms with Gasteiger partial charge in [-0.15, -0.1) is 0 Å². The minimum Gasteiger partial charge on any atom is -0.296 e. The molecule has 0 aliphatic carbocycles. The van der Waals surface area contributed by atoms with Crippen molar-refractivity contribution in [2.24, 2.45) is 0 Å². The predicted octanol–water partition coefficient (Wildman–Crippen LogP) is 2.95. The number of rotatable bonds is 5. The highest BCUT2D eigenvalue weighted by atomic mass is 32.2. The van der Waals surface area contributed by atoms with Crippen LogP contribution in [-0.2, 0) is 22.3 Å². The maximum Gasteiger partial charge on any atom is 0.218 e. The minimum absolute atomic E-state index is 0.0885. The fourth-order valence-corrected chi connectivity index (χ4v) is 4.62. The zero-order chi connectivity index (χ0) is 17.9. The number of hydrogen-bond acceptors (Lipinski definition) is 3. The van der Waals surface area contributed by atoms with Crippen molar-refractivity contribution in [1.82, 2.24) is 9.21 Å². The van der Waals surface area contributed by atoms with E-state index in [9.17, 15) is 8.42 Å². The molecule has 25 heavy (non-hydrogen) atoms. The molecule has 1 heterocycles. The van der Waals surface area contributed by atoms with Gasteiger partial charge < -0.3 is 0 Å². The van der Waals surface area contributed by atoms with Crippen LogP contribution in [0.2, 0.25) is 0 Å². The number of hydrogen-bond donors (Lipinski definition) is 0. The summed E-state index contributed by atoms with van der Waals surface area (Å²) in [5, 5.41) is 0. The standard InChI is InChI=1S/C20H26N2O2S/c1-17-3-7-19(8-4-17)15-21-11-13-22(14-12-21)25(23,24)16-20-9-5-18(2)6-10-20/h3-10H,11-16H2,1-2H3. The molecule has 1 aliphatic heterocycles. The van der Waals surface area contributed by atoms with Crippen LogP contribution >= 0.6 is 0 Å². The van der Waals surface area contributed by atoms with E-state index in [2.05, 4.69) is 36.1 Å². The average molecular weight is 359 g/mol. The van der Waals surface area contributed by atoms with Gasteiger partial charge in [-0.05, 0) is 25.0 Å². The van der Waals surface area contributed by atoms with Gasteiger partial charge in [-0.1, -0.05) is 59.7 Å². The quantitative estimate of drug-likeness (QED) is 0.825. The van der Waals surface area contributed by atoms with Crippen LogP contribution in [-0.4, -0.2) is 43.8 Å². The molecular weight excluding hydrogens is 332 g/mol. The Labute approximate surface area is 151 Å². The normalized spacial score (nSPS) is 16.9. The first-order valence-electron chi connectivity index (χ1n) is 8.74. The van der Waals surface area contributed by atoms with Gasteiger partial charge in [-0.25, -0.2) is 8.42 Å². The van der Waals surface area contributed by atoms with Gasteiger partial charge in [0.1, 0.15) is 0 Å². The Kier molecular flexibility index (Phi) is 5.57. The molecule has 0 saturated carbocycles. The second-order valence-electron chi connectivity index (χ2n) is 6.90. The lowest BCUT2D eigenvalue weighted by molar-refractivity contribution is 0.181. The molecule has 2 aromatic carbocycles. The van der Waals surface area contributed by atoms with Gasteiger partial charge in [0.25, 0.3) is 0 Å². The second kappa shape index (κ2) is 7.68. The lowest BCUT2D eigenvalue weighted by Crippen LogP contribution is -2.48. The summed E-state index contributed by atoms with van der Waals surface area (Å²) in [7, 11) is -3.24. The van der Waals surface area contributed by atoms with Crippen molar-refractivity contribution in [3.63, 3.8) is 0 Å². The van der Waals surface area contributed by atoms with Crippen molar-refractivity contribution in [3.8, 4) is 0 Å². The Morgan fingerprint density at radius 1 is 0.760 bits per heavy atom. The zero-order valence-corrected chi connectivity index (χ0v) is 15.8. The molecule has 0 bridgehead atoms. The van der Waals surface area contributed by atoms with Gasteiger partial charge in [0, 0.05) is 32.7 Å². The maximum absolute atomic E-state index is 12.6. The number of benzene rings is 2. The minimum atomic E-state index is -3.24. The molecule has 0 amide bonds. The van der Waals surface area contributed by atoms with E-state index in [0.29, 0.717) is 13.1 Å². The van der Waals surface area contributed by atoms with Crippen molar-refractivity contribution in [2.75, 3.05) is 26.2 Å². The number of nitrogens with zero attached hydrogens (tertiary/aromatic N) is 2. The smallest absolute Gasteiger partial charge is 0.218 e. The van der Waals surface area contributed by atoms with Crippen LogP contribution < -0.4 is 0 Å². The number of piperazine rings is 1. The average Bonchev–Trinajstić information content (AvgIpc) is 2.59. The SMILES string of the molecule is Cc1ccc(CN2CCN(S(=O)(=O)Cc3ccc(C)cc3)CC2)cc1. The summed E-state index contributed by atoms with van der Waals surface area (Å²) in [6.07, 6.45) is 0. The third-order valence-electron chi connectivity index (χ3n) is 4.72. The van der Waals surface area contributed by atoms with Gasteiger partial charge in [-0.2, -0.15) is 4.31 Å². The highest BCUT2D eigenvalue weighted by Crippen LogP contribution is 2.16. The number of sulfonamides is 1. The van der Waals surface area contributed by atoms with Gasteiger partial charge in [-0.3, -0.25) is 4.90 Å². The summed E-state index contributed by atoms with van der Waals surface area (Å²) < 4.78 is 26.9. The third kappa shape index (κ3) is 4.91. The first kappa shape index (κ1) is 18.1. The summed E-state index contributed by atoms with van der Waals surface area (Å²) in [5.41, 5.74) is 4.54. The van der Waals surface area contributed by atoms with Crippen LogP contribution in [0.5, 0.6) is 0 Å². The molecule has 1 saturated heterocycles. The van der Waals surface area contributed by atoms with Crippen LogP contribution in [0.25, 0.3) is 0 Å². The molecule has 1 aliphatic rings. The Balaban J connectivity index is 1.55. The van der Waals surface area contributed by atoms with Crippen LogP contribution in [0.4, 0.5) is 0 Å². The van der Waals surface area contributed by atoms with Gasteiger partial charge >= 0.3 is 0 Å². The highest BCUT2D eigenvalue weighted by Gasteiger charge is 2.27. The fourth-order valence-electron chi connectivity index (χ4n) is 3.10. The van der Waals surface area contributed by atoms with Crippen molar-refractivity contribution in [3.05, 3.63) is 70.8 Å². The molecule has 1 fully saturated rings. The lowest BCUT2D eigenvalue weighted by atomic mass is 10.1. The molecule has 3 rings (SSSR count). The van der Waals surface area contributed by atoms with Crippen LogP contribution in [0, 0.1) is 13.8 Å². The summed E-state index contributed by atoms with van der Waals surface area (Å²) in [5.74, 6) is 0.0885. The third-order valence-corrected chi connectivity index (χ3v) is 6.57. The van der Waals surface area contributed by atoms with E-state index in [1.165, 1.54) is 11.1 Å². The van der Waals surface area contributed by atoms with Crippen molar-refractivity contribution < 1.29 is 8.42 Å². The molecule has 0 radical (unpaired) electrons. The van der Waals surface area contributed by atoms with E-state index >= 15 is 0 Å². The summed E-state index contributed by atoms with van der Waals surface area (Å²) >= 11 is 0. The molecule has 0 spiro atoms. The van der Waals surface area contributed by atoms with Crippen LogP contribution in [0.3, 0.4) is 0 Å². The molecule has 134 valence electrons. The first-order valence-corrected chi connectivity index (χ1v) is 10.3. The van der Waals surface area contributed by atoms with Crippen molar-refractivity contribution in [1.29, 1.82) is 0 Å². The Morgan fingerprint density at radius 2 is 1.24 bits per heavy atom. The number of aryl methyl sites for hydroxylation is 2. The van der Waals surface area contributed by atoms with E-state index in [1.807, 2.05) is 31.2 Å². The zero-order valence-electron chi connectivity index (χ0n) is 15.0. The molecule has 0 N–H and O–H groups in total. The van der Waals surface area contributed by atoms with Gasteiger partial charge in [0.05, 0.1) is 5.75 Å².